The number of guanidine groups is 1. The van der Waals surface area contributed by atoms with Gasteiger partial charge in [-0.3, -0.25) is 4.99 Å². The van der Waals surface area contributed by atoms with Crippen molar-refractivity contribution >= 4 is 35.6 Å². The smallest absolute Gasteiger partial charge is 0.195 e. The topological polar surface area (TPSA) is 61.4 Å². The molecule has 0 aliphatic carbocycles. The lowest BCUT2D eigenvalue weighted by atomic mass is 10.1. The molecule has 8 heteroatoms. The third kappa shape index (κ3) is 8.55. The molecule has 1 unspecified atom stereocenters. The summed E-state index contributed by atoms with van der Waals surface area (Å²) in [6.07, 6.45) is 0. The Morgan fingerprint density at radius 2 is 1.72 bits per heavy atom. The summed E-state index contributed by atoms with van der Waals surface area (Å²) in [6.45, 7) is 15.1. The highest BCUT2D eigenvalue weighted by Gasteiger charge is 2.17. The zero-order chi connectivity index (χ0) is 20.4. The number of aliphatic imine (C=N–C) groups is 1. The van der Waals surface area contributed by atoms with Gasteiger partial charge in [-0.15, -0.1) is 24.0 Å². The van der Waals surface area contributed by atoms with Crippen molar-refractivity contribution in [1.82, 2.24) is 15.1 Å². The van der Waals surface area contributed by atoms with Gasteiger partial charge in [0.15, 0.2) is 17.5 Å². The molecule has 1 aromatic carbocycles. The SMILES string of the molecule is CCNC(=NCC(C)CN1CCN(CC)CC1)Nc1ccc(OC)c(OC)c1.I. The first-order valence-corrected chi connectivity index (χ1v) is 10.3. The quantitative estimate of drug-likeness (QED) is 0.297. The minimum Gasteiger partial charge on any atom is -0.493 e. The number of nitrogens with zero attached hydrogens (tertiary/aromatic N) is 3. The molecular weight excluding hydrogens is 481 g/mol. The maximum absolute atomic E-state index is 5.38. The van der Waals surface area contributed by atoms with Crippen molar-refractivity contribution in [2.24, 2.45) is 10.9 Å². The van der Waals surface area contributed by atoms with E-state index in [2.05, 4.69) is 41.2 Å². The fourth-order valence-corrected chi connectivity index (χ4v) is 3.39. The van der Waals surface area contributed by atoms with E-state index in [1.165, 1.54) is 13.1 Å². The zero-order valence-corrected chi connectivity index (χ0v) is 20.9. The average molecular weight is 519 g/mol. The fourth-order valence-electron chi connectivity index (χ4n) is 3.39. The lowest BCUT2D eigenvalue weighted by Gasteiger charge is -2.35. The zero-order valence-electron chi connectivity index (χ0n) is 18.5. The fraction of sp³-hybridized carbons (Fsp3) is 0.667. The largest absolute Gasteiger partial charge is 0.493 e. The second-order valence-corrected chi connectivity index (χ2v) is 7.25. The molecule has 0 saturated carbocycles. The number of benzene rings is 1. The Kier molecular flexibility index (Phi) is 12.3. The molecule has 1 aromatic rings. The molecule has 1 aliphatic heterocycles. The van der Waals surface area contributed by atoms with Crippen LogP contribution in [0.15, 0.2) is 23.2 Å². The minimum atomic E-state index is 0. The molecule has 1 atom stereocenters. The van der Waals surface area contributed by atoms with E-state index >= 15 is 0 Å². The molecule has 29 heavy (non-hydrogen) atoms. The highest BCUT2D eigenvalue weighted by molar-refractivity contribution is 14.0. The number of halogens is 1. The number of methoxy groups -OCH3 is 2. The van der Waals surface area contributed by atoms with E-state index in [4.69, 9.17) is 14.5 Å². The van der Waals surface area contributed by atoms with Gasteiger partial charge in [-0.2, -0.15) is 0 Å². The number of anilines is 1. The van der Waals surface area contributed by atoms with Crippen molar-refractivity contribution in [2.75, 3.05) is 71.9 Å². The Hall–Kier alpha value is -1.26. The summed E-state index contributed by atoms with van der Waals surface area (Å²) >= 11 is 0. The molecule has 1 aliphatic rings. The van der Waals surface area contributed by atoms with Gasteiger partial charge >= 0.3 is 0 Å². The highest BCUT2D eigenvalue weighted by Crippen LogP contribution is 2.29. The first kappa shape index (κ1) is 25.8. The van der Waals surface area contributed by atoms with E-state index in [0.717, 1.165) is 50.9 Å². The van der Waals surface area contributed by atoms with Crippen molar-refractivity contribution < 1.29 is 9.47 Å². The first-order valence-electron chi connectivity index (χ1n) is 10.3. The van der Waals surface area contributed by atoms with Crippen molar-refractivity contribution in [2.45, 2.75) is 20.8 Å². The van der Waals surface area contributed by atoms with Crippen LogP contribution in [0.5, 0.6) is 11.5 Å². The van der Waals surface area contributed by atoms with Crippen LogP contribution >= 0.6 is 24.0 Å². The van der Waals surface area contributed by atoms with Gasteiger partial charge in [0.25, 0.3) is 0 Å². The molecule has 1 heterocycles. The number of rotatable bonds is 9. The van der Waals surface area contributed by atoms with E-state index in [-0.39, 0.29) is 24.0 Å². The van der Waals surface area contributed by atoms with Gasteiger partial charge in [0.2, 0.25) is 0 Å². The van der Waals surface area contributed by atoms with Crippen LogP contribution < -0.4 is 20.1 Å². The average Bonchev–Trinajstić information content (AvgIpc) is 2.72. The molecule has 0 bridgehead atoms. The number of hydrogen-bond acceptors (Lipinski definition) is 5. The van der Waals surface area contributed by atoms with Crippen LogP contribution in [0.2, 0.25) is 0 Å². The molecule has 1 saturated heterocycles. The predicted octanol–water partition coefficient (Wildman–Crippen LogP) is 2.97. The van der Waals surface area contributed by atoms with Gasteiger partial charge in [-0.05, 0) is 31.5 Å². The second-order valence-electron chi connectivity index (χ2n) is 7.25. The summed E-state index contributed by atoms with van der Waals surface area (Å²) < 4.78 is 10.7. The Bertz CT molecular complexity index is 621. The third-order valence-electron chi connectivity index (χ3n) is 5.03. The summed E-state index contributed by atoms with van der Waals surface area (Å²) in [4.78, 5) is 9.85. The van der Waals surface area contributed by atoms with Gasteiger partial charge in [0.05, 0.1) is 14.2 Å². The summed E-state index contributed by atoms with van der Waals surface area (Å²) in [6, 6.07) is 5.77. The number of hydrogen-bond donors (Lipinski definition) is 2. The molecule has 0 amide bonds. The van der Waals surface area contributed by atoms with E-state index in [0.29, 0.717) is 17.4 Å². The van der Waals surface area contributed by atoms with Crippen LogP contribution in [-0.4, -0.2) is 82.3 Å². The highest BCUT2D eigenvalue weighted by atomic mass is 127. The summed E-state index contributed by atoms with van der Waals surface area (Å²) in [5, 5.41) is 6.68. The molecule has 166 valence electrons. The monoisotopic (exact) mass is 519 g/mol. The minimum absolute atomic E-state index is 0. The van der Waals surface area contributed by atoms with Crippen LogP contribution in [0.25, 0.3) is 0 Å². The van der Waals surface area contributed by atoms with Gasteiger partial charge in [-0.25, -0.2) is 0 Å². The molecule has 7 nitrogen and oxygen atoms in total. The van der Waals surface area contributed by atoms with Crippen LogP contribution in [0.3, 0.4) is 0 Å². The normalized spacial score (nSPS) is 16.7. The molecule has 0 radical (unpaired) electrons. The van der Waals surface area contributed by atoms with Crippen LogP contribution in [0, 0.1) is 5.92 Å². The summed E-state index contributed by atoms with van der Waals surface area (Å²) in [7, 11) is 3.28. The number of nitrogens with one attached hydrogen (secondary N) is 2. The van der Waals surface area contributed by atoms with Gasteiger partial charge in [0, 0.05) is 57.6 Å². The number of likely N-dealkylation sites (N-methyl/N-ethyl adjacent to an activating group) is 1. The van der Waals surface area contributed by atoms with Gasteiger partial charge in [0.1, 0.15) is 0 Å². The first-order chi connectivity index (χ1) is 13.6. The second kappa shape index (κ2) is 13.9. The molecular formula is C21H38IN5O2. The number of piperazine rings is 1. The van der Waals surface area contributed by atoms with E-state index in [1.54, 1.807) is 14.2 Å². The number of ether oxygens (including phenoxy) is 2. The van der Waals surface area contributed by atoms with E-state index in [9.17, 15) is 0 Å². The van der Waals surface area contributed by atoms with Crippen molar-refractivity contribution in [1.29, 1.82) is 0 Å². The molecule has 0 aromatic heterocycles. The Labute approximate surface area is 193 Å². The van der Waals surface area contributed by atoms with Crippen LogP contribution in [-0.2, 0) is 0 Å². The standard InChI is InChI=1S/C21H37N5O2.HI/c1-6-22-21(24-18-8-9-19(27-4)20(14-18)28-5)23-15-17(3)16-26-12-10-25(7-2)11-13-26;/h8-9,14,17H,6-7,10-13,15-16H2,1-5H3,(H2,22,23,24);1H. The van der Waals surface area contributed by atoms with Crippen molar-refractivity contribution in [3.63, 3.8) is 0 Å². The van der Waals surface area contributed by atoms with Crippen molar-refractivity contribution in [3.05, 3.63) is 18.2 Å². The van der Waals surface area contributed by atoms with Gasteiger partial charge in [-0.1, -0.05) is 13.8 Å². The van der Waals surface area contributed by atoms with Crippen molar-refractivity contribution in [3.8, 4) is 11.5 Å². The third-order valence-corrected chi connectivity index (χ3v) is 5.03. The maximum Gasteiger partial charge on any atom is 0.195 e. The van der Waals surface area contributed by atoms with Crippen LogP contribution in [0.1, 0.15) is 20.8 Å². The summed E-state index contributed by atoms with van der Waals surface area (Å²) in [5.41, 5.74) is 0.917. The Balaban J connectivity index is 0.00000420. The lowest BCUT2D eigenvalue weighted by molar-refractivity contribution is 0.125. The summed E-state index contributed by atoms with van der Waals surface area (Å²) in [5.74, 6) is 2.71. The molecule has 2 N–H and O–H groups in total. The molecule has 2 rings (SSSR count). The maximum atomic E-state index is 5.38. The molecule has 1 fully saturated rings. The van der Waals surface area contributed by atoms with Crippen LogP contribution in [0.4, 0.5) is 5.69 Å². The van der Waals surface area contributed by atoms with E-state index < -0.39 is 0 Å². The van der Waals surface area contributed by atoms with Gasteiger partial charge < -0.3 is 29.9 Å². The predicted molar refractivity (Wildman–Crippen MR) is 132 cm³/mol. The van der Waals surface area contributed by atoms with E-state index in [1.807, 2.05) is 18.2 Å². The lowest BCUT2D eigenvalue weighted by Crippen LogP contribution is -2.47. The Morgan fingerprint density at radius 1 is 1.07 bits per heavy atom. The Morgan fingerprint density at radius 3 is 2.31 bits per heavy atom. The molecule has 0 spiro atoms.